The minimum absolute atomic E-state index is 0.0137. The number of hydrogen-bond acceptors (Lipinski definition) is 29. The summed E-state index contributed by atoms with van der Waals surface area (Å²) in [5, 5.41) is 32.8. The first-order chi connectivity index (χ1) is 35.7. The van der Waals surface area contributed by atoms with Crippen molar-refractivity contribution in [3.05, 3.63) is 46.0 Å². The second-order valence-corrected chi connectivity index (χ2v) is 22.7. The van der Waals surface area contributed by atoms with Gasteiger partial charge in [0, 0.05) is 14.2 Å². The third kappa shape index (κ3) is 11.0. The lowest BCUT2D eigenvalue weighted by molar-refractivity contribution is -0.745. The van der Waals surface area contributed by atoms with Gasteiger partial charge in [0.1, 0.15) is 66.8 Å². The van der Waals surface area contributed by atoms with Crippen LogP contribution >= 0.6 is 31.3 Å². The van der Waals surface area contributed by atoms with E-state index in [-0.39, 0.29) is 51.2 Å². The van der Waals surface area contributed by atoms with E-state index in [1.54, 1.807) is 0 Å². The SMILES string of the molecule is COC1[C@@H](OP(=O)(O)OC[C@H]2O[C@@H](n3cnc4c(=O)[nH]c(N)nc43)C(O)[C@H]2O)[C@@H](COP(=O)(O)OP(=O)(O)OP(=O)(O)OC[C@H]2O[C@@H]([n+]3cn(C)c4c(=O)[nH]c(N)nc43)C(O)[C@H]2OC)O[C@H]1n1cnc2c(N)ncnc21. The minimum atomic E-state index is -6.18. The topological polar surface area (TPSA) is 551 Å². The Morgan fingerprint density at radius 1 is 0.658 bits per heavy atom. The maximum atomic E-state index is 13.7. The molecular formula is C33H46N15O24P4+. The highest BCUT2D eigenvalue weighted by Crippen LogP contribution is 2.68. The first-order valence-electron chi connectivity index (χ1n) is 21.5. The summed E-state index contributed by atoms with van der Waals surface area (Å²) in [7, 11) is -19.7. The molecule has 6 aromatic rings. The summed E-state index contributed by atoms with van der Waals surface area (Å²) in [5.74, 6) is -0.671. The maximum Gasteiger partial charge on any atom is 0.490 e. The van der Waals surface area contributed by atoms with Crippen LogP contribution in [-0.4, -0.2) is 177 Å². The normalized spacial score (nSPS) is 30.2. The molecule has 9 rings (SSSR count). The van der Waals surface area contributed by atoms with E-state index in [0.29, 0.717) is 0 Å². The lowest BCUT2D eigenvalue weighted by Gasteiger charge is -2.26. The number of anilines is 3. The van der Waals surface area contributed by atoms with Crippen molar-refractivity contribution in [3.63, 3.8) is 0 Å². The van der Waals surface area contributed by atoms with Gasteiger partial charge in [-0.05, 0) is 0 Å². The number of aliphatic hydroxyl groups excluding tert-OH is 3. The van der Waals surface area contributed by atoms with E-state index in [1.165, 1.54) is 27.1 Å². The van der Waals surface area contributed by atoms with Crippen molar-refractivity contribution >= 4 is 82.5 Å². The number of nitrogens with zero attached hydrogens (tertiary/aromatic N) is 10. The zero-order valence-electron chi connectivity index (χ0n) is 38.9. The van der Waals surface area contributed by atoms with Gasteiger partial charge in [-0.2, -0.15) is 13.6 Å². The molecule has 15 N–H and O–H groups in total. The highest BCUT2D eigenvalue weighted by Gasteiger charge is 2.54. The monoisotopic (exact) mass is 1160 g/mol. The van der Waals surface area contributed by atoms with Crippen molar-refractivity contribution < 1.29 is 108 Å². The first kappa shape index (κ1) is 55.6. The summed E-state index contributed by atoms with van der Waals surface area (Å²) in [6.45, 7) is -3.25. The number of aliphatic hydroxyl groups is 3. The van der Waals surface area contributed by atoms with Crippen LogP contribution in [0.15, 0.2) is 34.9 Å². The van der Waals surface area contributed by atoms with Gasteiger partial charge in [-0.3, -0.25) is 51.4 Å². The lowest BCUT2D eigenvalue weighted by atomic mass is 10.1. The molecule has 0 aliphatic carbocycles. The largest absolute Gasteiger partial charge is 0.490 e. The van der Waals surface area contributed by atoms with Crippen molar-refractivity contribution in [1.29, 1.82) is 0 Å². The van der Waals surface area contributed by atoms with Gasteiger partial charge in [-0.15, -0.1) is 0 Å². The van der Waals surface area contributed by atoms with E-state index in [0.717, 1.165) is 37.8 Å². The number of phosphoric ester groups is 3. The average Bonchev–Trinajstić information content (AvgIpc) is 4.18. The van der Waals surface area contributed by atoms with E-state index in [2.05, 4.69) is 48.5 Å². The fourth-order valence-electron chi connectivity index (χ4n) is 8.57. The summed E-state index contributed by atoms with van der Waals surface area (Å²) in [5.41, 5.74) is 15.6. The molecule has 3 aliphatic rings. The number of H-pyrrole nitrogens is 2. The van der Waals surface area contributed by atoms with Crippen LogP contribution < -0.4 is 32.9 Å². The number of aromatic amines is 2. The van der Waals surface area contributed by atoms with E-state index in [9.17, 15) is 62.7 Å². The molecule has 16 atom stereocenters. The van der Waals surface area contributed by atoms with Crippen LogP contribution in [0.2, 0.25) is 0 Å². The van der Waals surface area contributed by atoms with Gasteiger partial charge in [0.25, 0.3) is 17.1 Å². The Kier molecular flexibility index (Phi) is 15.3. The van der Waals surface area contributed by atoms with Crippen molar-refractivity contribution in [2.24, 2.45) is 7.05 Å². The Morgan fingerprint density at radius 3 is 1.88 bits per heavy atom. The summed E-state index contributed by atoms with van der Waals surface area (Å²) < 4.78 is 115. The zero-order chi connectivity index (χ0) is 55.0. The van der Waals surface area contributed by atoms with Crippen LogP contribution in [0.3, 0.4) is 0 Å². The number of nitrogen functional groups attached to an aromatic ring is 3. The molecule has 7 unspecified atom stereocenters. The number of aromatic nitrogens is 12. The fraction of sp³-hybridized carbons (Fsp3) is 0.545. The molecule has 3 aliphatic heterocycles. The molecule has 6 aromatic heterocycles. The van der Waals surface area contributed by atoms with Crippen LogP contribution in [0.4, 0.5) is 17.7 Å². The number of phosphoric acid groups is 4. The molecule has 76 heavy (non-hydrogen) atoms. The molecule has 0 radical (unpaired) electrons. The van der Waals surface area contributed by atoms with Gasteiger partial charge in [0.15, 0.2) is 41.4 Å². The molecule has 0 saturated carbocycles. The van der Waals surface area contributed by atoms with Crippen molar-refractivity contribution in [1.82, 2.24) is 53.6 Å². The summed E-state index contributed by atoms with van der Waals surface area (Å²) >= 11 is 0. The Morgan fingerprint density at radius 2 is 1.22 bits per heavy atom. The Bertz CT molecular complexity index is 3490. The number of imidazole rings is 3. The predicted molar refractivity (Wildman–Crippen MR) is 244 cm³/mol. The quantitative estimate of drug-likeness (QED) is 0.0256. The summed E-state index contributed by atoms with van der Waals surface area (Å²) in [6, 6.07) is 0. The second-order valence-electron chi connectivity index (χ2n) is 16.7. The molecule has 0 spiro atoms. The first-order valence-corrected chi connectivity index (χ1v) is 27.5. The fourth-order valence-corrected chi connectivity index (χ4v) is 13.0. The second kappa shape index (κ2) is 20.9. The predicted octanol–water partition coefficient (Wildman–Crippen LogP) is -4.06. The number of methoxy groups -OCH3 is 2. The minimum Gasteiger partial charge on any atom is -0.387 e. The van der Waals surface area contributed by atoms with Crippen molar-refractivity contribution in [3.8, 4) is 0 Å². The van der Waals surface area contributed by atoms with Gasteiger partial charge >= 0.3 is 36.9 Å². The maximum absolute atomic E-state index is 13.7. The number of aryl methyl sites for hydroxylation is 1. The molecule has 0 bridgehead atoms. The Balaban J connectivity index is 0.866. The molecule has 3 saturated heterocycles. The van der Waals surface area contributed by atoms with Gasteiger partial charge < -0.3 is 75.8 Å². The molecule has 0 aromatic carbocycles. The number of nitrogens with two attached hydrogens (primary N) is 3. The van der Waals surface area contributed by atoms with E-state index < -0.39 is 136 Å². The summed E-state index contributed by atoms with van der Waals surface area (Å²) in [4.78, 5) is 96.1. The van der Waals surface area contributed by atoms with Crippen LogP contribution in [0.1, 0.15) is 18.7 Å². The molecule has 39 nitrogen and oxygen atoms in total. The van der Waals surface area contributed by atoms with Crippen LogP contribution in [0.25, 0.3) is 33.5 Å². The molecule has 9 heterocycles. The van der Waals surface area contributed by atoms with Gasteiger partial charge in [-0.1, -0.05) is 4.98 Å². The Hall–Kier alpha value is -5.15. The number of fused-ring (bicyclic) bond motifs is 3. The van der Waals surface area contributed by atoms with Gasteiger partial charge in [0.05, 0.1) is 39.5 Å². The highest BCUT2D eigenvalue weighted by molar-refractivity contribution is 7.66. The van der Waals surface area contributed by atoms with E-state index in [1.807, 2.05) is 0 Å². The number of hydrogen-bond donors (Lipinski definition) is 12. The van der Waals surface area contributed by atoms with Crippen molar-refractivity contribution in [2.45, 2.75) is 73.6 Å². The number of rotatable bonds is 20. The number of ether oxygens (including phenoxy) is 5. The summed E-state index contributed by atoms with van der Waals surface area (Å²) in [6.07, 6.45) is -14.5. The number of nitrogens with one attached hydrogen (secondary N) is 2. The van der Waals surface area contributed by atoms with Crippen LogP contribution in [-0.2, 0) is 75.7 Å². The molecule has 3 fully saturated rings. The van der Waals surface area contributed by atoms with E-state index in [4.69, 9.17) is 59.0 Å². The molecular weight excluding hydrogens is 1110 g/mol. The Labute approximate surface area is 421 Å². The average molecular weight is 1160 g/mol. The molecule has 0 amide bonds. The van der Waals surface area contributed by atoms with Crippen LogP contribution in [0, 0.1) is 0 Å². The zero-order valence-corrected chi connectivity index (χ0v) is 42.5. The van der Waals surface area contributed by atoms with Crippen molar-refractivity contribution in [2.75, 3.05) is 51.2 Å². The van der Waals surface area contributed by atoms with Gasteiger partial charge in [0.2, 0.25) is 17.7 Å². The highest BCUT2D eigenvalue weighted by atomic mass is 31.3. The molecule has 43 heteroatoms. The van der Waals surface area contributed by atoms with Crippen LogP contribution in [0.5, 0.6) is 0 Å². The molecule has 416 valence electrons. The third-order valence-corrected chi connectivity index (χ3v) is 17.0. The van der Waals surface area contributed by atoms with Gasteiger partial charge in [-0.25, -0.2) is 42.8 Å². The lowest BCUT2D eigenvalue weighted by Crippen LogP contribution is -2.46. The standard InChI is InChI=1S/C33H45N15O24P4/c1-45-10-48(26-16(45)28(53)44-33(36)42-26)30-19(51)20(62-2)12(68-30)5-65-74(56,57)71-76(60,61)72-75(58,59)66-6-13-21(22(63-3)31(69-13)46-8-39-14-23(34)37-7-38-24(14)46)70-73(54,55)64-4-11-17(49)18(50)29(67-11)47-9-40-15-25(47)41-32(35)43-27(15)52/h7-13,17-22,29-31,49-51H,4-6H2,1-3H3,(H11-,34,35,36,37,38,41,42,43,44,52,53,54,55,56,57,58,59,60,61)/p+1/t11-,12-,13-,17+,18?,19?,20+,21+,22?,29-,30-,31-/m1/s1. The third-order valence-electron chi connectivity index (χ3n) is 11.8. The smallest absolute Gasteiger partial charge is 0.387 e. The van der Waals surface area contributed by atoms with E-state index >= 15 is 0 Å².